The molecule has 0 amide bonds. The van der Waals surface area contributed by atoms with E-state index in [1.165, 1.54) is 64.2 Å². The molecule has 0 fully saturated rings. The van der Waals surface area contributed by atoms with E-state index in [9.17, 15) is 4.79 Å². The maximum atomic E-state index is 11.4. The summed E-state index contributed by atoms with van der Waals surface area (Å²) < 4.78 is 5.18. The summed E-state index contributed by atoms with van der Waals surface area (Å²) in [6.45, 7) is 4.55. The lowest BCUT2D eigenvalue weighted by Gasteiger charge is -2.05. The van der Waals surface area contributed by atoms with E-state index < -0.39 is 0 Å². The summed E-state index contributed by atoms with van der Waals surface area (Å²) in [7, 11) is 0. The van der Waals surface area contributed by atoms with E-state index in [2.05, 4.69) is 0 Å². The van der Waals surface area contributed by atoms with Crippen LogP contribution in [-0.4, -0.2) is 24.3 Å². The molecule has 0 aromatic carbocycles. The zero-order valence-electron chi connectivity index (χ0n) is 15.4. The Morgan fingerprint density at radius 3 is 1.57 bits per heavy atom. The summed E-state index contributed by atoms with van der Waals surface area (Å²) >= 11 is 0. The maximum absolute atomic E-state index is 11.4. The van der Waals surface area contributed by atoms with Gasteiger partial charge in [-0.05, 0) is 26.7 Å². The van der Waals surface area contributed by atoms with Crippen LogP contribution in [0, 0.1) is 0 Å². The van der Waals surface area contributed by atoms with Gasteiger partial charge in [0, 0.05) is 12.2 Å². The minimum absolute atomic E-state index is 0.177. The SMILES string of the molecule is CC=C(C)C(=O)OCCCCCCCCCCCCCCCO. The Kier molecular flexibility index (Phi) is 16.9. The average Bonchev–Trinajstić information content (AvgIpc) is 2.57. The number of ether oxygens (including phenoxy) is 1. The van der Waals surface area contributed by atoms with Crippen molar-refractivity contribution < 1.29 is 14.6 Å². The molecule has 0 atom stereocenters. The third kappa shape index (κ3) is 15.8. The van der Waals surface area contributed by atoms with Gasteiger partial charge in [0.05, 0.1) is 6.61 Å². The predicted octanol–water partition coefficient (Wildman–Crippen LogP) is 5.56. The molecule has 0 heterocycles. The third-order valence-electron chi connectivity index (χ3n) is 4.29. The van der Waals surface area contributed by atoms with Crippen LogP contribution in [0.15, 0.2) is 11.6 Å². The maximum Gasteiger partial charge on any atom is 0.333 e. The molecule has 3 heteroatoms. The van der Waals surface area contributed by atoms with Crippen molar-refractivity contribution in [1.29, 1.82) is 0 Å². The average molecular weight is 327 g/mol. The first-order valence-electron chi connectivity index (χ1n) is 9.63. The van der Waals surface area contributed by atoms with E-state index in [4.69, 9.17) is 9.84 Å². The highest BCUT2D eigenvalue weighted by Gasteiger charge is 2.03. The number of carbonyl (C=O) groups is 1. The summed E-state index contributed by atoms with van der Waals surface area (Å²) in [6.07, 6.45) is 18.0. The second kappa shape index (κ2) is 17.5. The van der Waals surface area contributed by atoms with Crippen LogP contribution in [0.4, 0.5) is 0 Å². The molecule has 3 nitrogen and oxygen atoms in total. The van der Waals surface area contributed by atoms with E-state index >= 15 is 0 Å². The number of unbranched alkanes of at least 4 members (excludes halogenated alkanes) is 12. The fraction of sp³-hybridized carbons (Fsp3) is 0.850. The monoisotopic (exact) mass is 326 g/mol. The van der Waals surface area contributed by atoms with Crippen molar-refractivity contribution in [2.45, 2.75) is 97.3 Å². The topological polar surface area (TPSA) is 46.5 Å². The van der Waals surface area contributed by atoms with E-state index in [0.717, 1.165) is 19.3 Å². The molecule has 0 aromatic heterocycles. The van der Waals surface area contributed by atoms with Crippen molar-refractivity contribution in [2.24, 2.45) is 0 Å². The van der Waals surface area contributed by atoms with E-state index in [0.29, 0.717) is 18.8 Å². The zero-order chi connectivity index (χ0) is 17.2. The molecule has 1 N–H and O–H groups in total. The second-order valence-electron chi connectivity index (χ2n) is 6.43. The van der Waals surface area contributed by atoms with Gasteiger partial charge in [-0.25, -0.2) is 4.79 Å². The van der Waals surface area contributed by atoms with E-state index in [1.807, 2.05) is 6.92 Å². The Balaban J connectivity index is 3.12. The first-order valence-corrected chi connectivity index (χ1v) is 9.63. The molecule has 0 bridgehead atoms. The van der Waals surface area contributed by atoms with Crippen LogP contribution in [0.25, 0.3) is 0 Å². The molecule has 0 aliphatic carbocycles. The number of aliphatic hydroxyl groups is 1. The molecule has 0 radical (unpaired) electrons. The first-order chi connectivity index (χ1) is 11.2. The number of aliphatic hydroxyl groups excluding tert-OH is 1. The fourth-order valence-corrected chi connectivity index (χ4v) is 2.55. The third-order valence-corrected chi connectivity index (χ3v) is 4.29. The number of allylic oxidation sites excluding steroid dienone is 1. The van der Waals surface area contributed by atoms with Gasteiger partial charge in [0.25, 0.3) is 0 Å². The number of rotatable bonds is 16. The minimum atomic E-state index is -0.177. The van der Waals surface area contributed by atoms with Crippen molar-refractivity contribution in [3.8, 4) is 0 Å². The Bertz CT molecular complexity index is 297. The molecular weight excluding hydrogens is 288 g/mol. The zero-order valence-corrected chi connectivity index (χ0v) is 15.4. The largest absolute Gasteiger partial charge is 0.462 e. The van der Waals surface area contributed by atoms with Gasteiger partial charge in [0.15, 0.2) is 0 Å². The van der Waals surface area contributed by atoms with Crippen molar-refractivity contribution in [3.05, 3.63) is 11.6 Å². The Morgan fingerprint density at radius 1 is 0.783 bits per heavy atom. The summed E-state index contributed by atoms with van der Waals surface area (Å²) in [5.74, 6) is -0.177. The smallest absolute Gasteiger partial charge is 0.333 e. The molecule has 0 rings (SSSR count). The summed E-state index contributed by atoms with van der Waals surface area (Å²) in [4.78, 5) is 11.4. The molecular formula is C20H38O3. The lowest BCUT2D eigenvalue weighted by Crippen LogP contribution is -2.06. The quantitative estimate of drug-likeness (QED) is 0.229. The summed E-state index contributed by atoms with van der Waals surface area (Å²) in [6, 6.07) is 0. The number of esters is 1. The highest BCUT2D eigenvalue weighted by atomic mass is 16.5. The molecule has 0 saturated carbocycles. The van der Waals surface area contributed by atoms with Gasteiger partial charge in [-0.15, -0.1) is 0 Å². The summed E-state index contributed by atoms with van der Waals surface area (Å²) in [5.41, 5.74) is 0.693. The van der Waals surface area contributed by atoms with Crippen molar-refractivity contribution >= 4 is 5.97 Å². The van der Waals surface area contributed by atoms with Gasteiger partial charge in [0.1, 0.15) is 0 Å². The number of hydrogen-bond acceptors (Lipinski definition) is 3. The van der Waals surface area contributed by atoms with Crippen LogP contribution in [0.5, 0.6) is 0 Å². The van der Waals surface area contributed by atoms with Crippen LogP contribution >= 0.6 is 0 Å². The highest BCUT2D eigenvalue weighted by Crippen LogP contribution is 2.12. The van der Waals surface area contributed by atoms with Crippen molar-refractivity contribution in [1.82, 2.24) is 0 Å². The first kappa shape index (κ1) is 22.2. The lowest BCUT2D eigenvalue weighted by molar-refractivity contribution is -0.139. The Morgan fingerprint density at radius 2 is 1.17 bits per heavy atom. The van der Waals surface area contributed by atoms with Gasteiger partial charge in [0.2, 0.25) is 0 Å². The molecule has 0 aliphatic heterocycles. The highest BCUT2D eigenvalue weighted by molar-refractivity contribution is 5.87. The van der Waals surface area contributed by atoms with Crippen LogP contribution < -0.4 is 0 Å². The molecule has 0 aromatic rings. The molecule has 0 unspecified atom stereocenters. The molecule has 136 valence electrons. The number of carbonyl (C=O) groups excluding carboxylic acids is 1. The fourth-order valence-electron chi connectivity index (χ4n) is 2.55. The molecule has 0 aliphatic rings. The van der Waals surface area contributed by atoms with Crippen LogP contribution in [0.2, 0.25) is 0 Å². The molecule has 0 saturated heterocycles. The van der Waals surface area contributed by atoms with Crippen LogP contribution in [-0.2, 0) is 9.53 Å². The Hall–Kier alpha value is -0.830. The molecule has 0 spiro atoms. The van der Waals surface area contributed by atoms with E-state index in [-0.39, 0.29) is 5.97 Å². The number of hydrogen-bond donors (Lipinski definition) is 1. The van der Waals surface area contributed by atoms with Gasteiger partial charge in [-0.1, -0.05) is 76.7 Å². The summed E-state index contributed by atoms with van der Waals surface area (Å²) in [5, 5.41) is 8.69. The standard InChI is InChI=1S/C20H38O3/c1-3-19(2)20(22)23-18-16-14-12-10-8-6-4-5-7-9-11-13-15-17-21/h3,21H,4-18H2,1-2H3. The lowest BCUT2D eigenvalue weighted by atomic mass is 10.0. The van der Waals surface area contributed by atoms with Gasteiger partial charge < -0.3 is 9.84 Å². The normalized spacial score (nSPS) is 11.7. The second-order valence-corrected chi connectivity index (χ2v) is 6.43. The minimum Gasteiger partial charge on any atom is -0.462 e. The van der Waals surface area contributed by atoms with Gasteiger partial charge in [-0.2, -0.15) is 0 Å². The Labute approximate surface area is 143 Å². The van der Waals surface area contributed by atoms with Crippen LogP contribution in [0.1, 0.15) is 97.3 Å². The van der Waals surface area contributed by atoms with Crippen molar-refractivity contribution in [3.63, 3.8) is 0 Å². The van der Waals surface area contributed by atoms with Gasteiger partial charge >= 0.3 is 5.97 Å². The van der Waals surface area contributed by atoms with Crippen molar-refractivity contribution in [2.75, 3.05) is 13.2 Å². The van der Waals surface area contributed by atoms with Gasteiger partial charge in [-0.3, -0.25) is 0 Å². The predicted molar refractivity (Wildman–Crippen MR) is 97.5 cm³/mol. The van der Waals surface area contributed by atoms with Crippen LogP contribution in [0.3, 0.4) is 0 Å². The van der Waals surface area contributed by atoms with E-state index in [1.54, 1.807) is 13.0 Å². The molecule has 23 heavy (non-hydrogen) atoms.